The third-order valence-electron chi connectivity index (χ3n) is 4.31. The Hall–Kier alpha value is -1.56. The quantitative estimate of drug-likeness (QED) is 0.821. The molecule has 1 N–H and O–H groups in total. The number of likely N-dealkylation sites (tertiary alicyclic amines) is 1. The smallest absolute Gasteiger partial charge is 0.272 e. The molecule has 1 aliphatic heterocycles. The van der Waals surface area contributed by atoms with Gasteiger partial charge in [0.05, 0.1) is 16.8 Å². The number of aliphatic hydroxyl groups excluding tert-OH is 1. The molecule has 1 amide bonds. The van der Waals surface area contributed by atoms with Gasteiger partial charge in [-0.2, -0.15) is 0 Å². The molecule has 1 fully saturated rings. The lowest BCUT2D eigenvalue weighted by Gasteiger charge is -2.29. The van der Waals surface area contributed by atoms with Crippen molar-refractivity contribution in [2.75, 3.05) is 13.1 Å². The Labute approximate surface area is 157 Å². The van der Waals surface area contributed by atoms with E-state index in [0.29, 0.717) is 37.4 Å². The standard InChI is InChI=1S/C19H21ClN2O2S/c1-13-4-2-7-17(18(13)20)25-12-14-5-3-6-16(21-14)19(24)22-10-8-15(23)9-11-22/h2-7,15,23H,8-12H2,1H3. The number of halogens is 1. The number of carbonyl (C=O) groups is 1. The van der Waals surface area contributed by atoms with Crippen LogP contribution in [0.15, 0.2) is 41.3 Å². The van der Waals surface area contributed by atoms with E-state index < -0.39 is 0 Å². The highest BCUT2D eigenvalue weighted by Gasteiger charge is 2.23. The van der Waals surface area contributed by atoms with Crippen molar-refractivity contribution < 1.29 is 9.90 Å². The number of pyridine rings is 1. The molecule has 0 spiro atoms. The number of hydrogen-bond donors (Lipinski definition) is 1. The highest BCUT2D eigenvalue weighted by atomic mass is 35.5. The minimum absolute atomic E-state index is 0.0627. The van der Waals surface area contributed by atoms with Crippen molar-refractivity contribution in [1.82, 2.24) is 9.88 Å². The molecule has 6 heteroatoms. The summed E-state index contributed by atoms with van der Waals surface area (Å²) in [4.78, 5) is 19.9. The first-order valence-electron chi connectivity index (χ1n) is 8.36. The molecule has 132 valence electrons. The Morgan fingerprint density at radius 3 is 2.76 bits per heavy atom. The molecule has 0 aliphatic carbocycles. The topological polar surface area (TPSA) is 53.4 Å². The largest absolute Gasteiger partial charge is 0.393 e. The van der Waals surface area contributed by atoms with E-state index >= 15 is 0 Å². The van der Waals surface area contributed by atoms with Crippen LogP contribution in [-0.4, -0.2) is 40.1 Å². The lowest BCUT2D eigenvalue weighted by atomic mass is 10.1. The van der Waals surface area contributed by atoms with Gasteiger partial charge in [0.2, 0.25) is 0 Å². The maximum absolute atomic E-state index is 12.6. The Kier molecular flexibility index (Phi) is 5.99. The summed E-state index contributed by atoms with van der Waals surface area (Å²) >= 11 is 7.95. The summed E-state index contributed by atoms with van der Waals surface area (Å²) in [6.07, 6.45) is 0.971. The van der Waals surface area contributed by atoms with Gasteiger partial charge in [0, 0.05) is 23.7 Å². The molecule has 1 aromatic heterocycles. The predicted molar refractivity (Wildman–Crippen MR) is 101 cm³/mol. The van der Waals surface area contributed by atoms with Gasteiger partial charge in [-0.25, -0.2) is 4.98 Å². The van der Waals surface area contributed by atoms with Gasteiger partial charge in [0.25, 0.3) is 5.91 Å². The molecule has 0 bridgehead atoms. The van der Waals surface area contributed by atoms with E-state index in [4.69, 9.17) is 11.6 Å². The third kappa shape index (κ3) is 4.54. The molecule has 2 aromatic rings. The van der Waals surface area contributed by atoms with Crippen LogP contribution in [-0.2, 0) is 5.75 Å². The van der Waals surface area contributed by atoms with Gasteiger partial charge in [-0.1, -0.05) is 29.8 Å². The van der Waals surface area contributed by atoms with Crippen LogP contribution < -0.4 is 0 Å². The summed E-state index contributed by atoms with van der Waals surface area (Å²) in [6, 6.07) is 11.5. The molecule has 4 nitrogen and oxygen atoms in total. The molecular weight excluding hydrogens is 356 g/mol. The number of nitrogens with zero attached hydrogens (tertiary/aromatic N) is 2. The van der Waals surface area contributed by atoms with E-state index in [1.54, 1.807) is 22.7 Å². The van der Waals surface area contributed by atoms with Crippen LogP contribution in [0, 0.1) is 6.92 Å². The predicted octanol–water partition coefficient (Wildman–Crippen LogP) is 3.93. The van der Waals surface area contributed by atoms with Crippen LogP contribution in [0.2, 0.25) is 5.02 Å². The average molecular weight is 377 g/mol. The Balaban J connectivity index is 1.67. The molecule has 0 radical (unpaired) electrons. The molecular formula is C19H21ClN2O2S. The highest BCUT2D eigenvalue weighted by Crippen LogP contribution is 2.31. The van der Waals surface area contributed by atoms with Gasteiger partial charge in [0.15, 0.2) is 0 Å². The highest BCUT2D eigenvalue weighted by molar-refractivity contribution is 7.98. The second kappa shape index (κ2) is 8.21. The van der Waals surface area contributed by atoms with E-state index in [1.165, 1.54) is 0 Å². The summed E-state index contributed by atoms with van der Waals surface area (Å²) in [7, 11) is 0. The van der Waals surface area contributed by atoms with Gasteiger partial charge < -0.3 is 10.0 Å². The monoisotopic (exact) mass is 376 g/mol. The van der Waals surface area contributed by atoms with Crippen molar-refractivity contribution in [3.8, 4) is 0 Å². The Morgan fingerprint density at radius 1 is 1.28 bits per heavy atom. The van der Waals surface area contributed by atoms with Crippen LogP contribution in [0.5, 0.6) is 0 Å². The van der Waals surface area contributed by atoms with Gasteiger partial charge in [-0.3, -0.25) is 4.79 Å². The van der Waals surface area contributed by atoms with Crippen LogP contribution in [0.25, 0.3) is 0 Å². The summed E-state index contributed by atoms with van der Waals surface area (Å²) in [5, 5.41) is 10.3. The number of carbonyl (C=O) groups excluding carboxylic acids is 1. The Morgan fingerprint density at radius 2 is 2.00 bits per heavy atom. The van der Waals surface area contributed by atoms with Crippen molar-refractivity contribution in [2.45, 2.75) is 36.5 Å². The van der Waals surface area contributed by atoms with E-state index in [-0.39, 0.29) is 12.0 Å². The summed E-state index contributed by atoms with van der Waals surface area (Å²) in [6.45, 7) is 3.15. The van der Waals surface area contributed by atoms with Crippen molar-refractivity contribution in [3.05, 3.63) is 58.4 Å². The maximum atomic E-state index is 12.6. The molecule has 25 heavy (non-hydrogen) atoms. The number of piperidine rings is 1. The van der Waals surface area contributed by atoms with E-state index in [1.807, 2.05) is 37.3 Å². The van der Waals surface area contributed by atoms with E-state index in [2.05, 4.69) is 4.98 Å². The molecule has 0 saturated carbocycles. The Bertz CT molecular complexity index is 761. The fraction of sp³-hybridized carbons (Fsp3) is 0.368. The average Bonchev–Trinajstić information content (AvgIpc) is 2.63. The number of aromatic nitrogens is 1. The number of amides is 1. The van der Waals surface area contributed by atoms with Gasteiger partial charge in [-0.15, -0.1) is 11.8 Å². The molecule has 0 unspecified atom stereocenters. The first-order valence-corrected chi connectivity index (χ1v) is 9.72. The maximum Gasteiger partial charge on any atom is 0.272 e. The first kappa shape index (κ1) is 18.2. The number of thioether (sulfide) groups is 1. The number of hydrogen-bond acceptors (Lipinski definition) is 4. The fourth-order valence-corrected chi connectivity index (χ4v) is 4.01. The summed E-state index contributed by atoms with van der Waals surface area (Å²) in [5.74, 6) is 0.593. The fourth-order valence-electron chi connectivity index (χ4n) is 2.79. The first-order chi connectivity index (χ1) is 12.0. The number of benzene rings is 1. The second-order valence-corrected chi connectivity index (χ2v) is 7.61. The minimum Gasteiger partial charge on any atom is -0.393 e. The zero-order valence-electron chi connectivity index (χ0n) is 14.1. The molecule has 1 aromatic carbocycles. The van der Waals surface area contributed by atoms with Gasteiger partial charge in [-0.05, 0) is 43.5 Å². The van der Waals surface area contributed by atoms with Gasteiger partial charge in [0.1, 0.15) is 5.69 Å². The van der Waals surface area contributed by atoms with Crippen LogP contribution in [0.4, 0.5) is 0 Å². The SMILES string of the molecule is Cc1cccc(SCc2cccc(C(=O)N3CCC(O)CC3)n2)c1Cl. The molecule has 0 atom stereocenters. The second-order valence-electron chi connectivity index (χ2n) is 6.21. The zero-order valence-corrected chi connectivity index (χ0v) is 15.7. The molecule has 1 saturated heterocycles. The van der Waals surface area contributed by atoms with Crippen molar-refractivity contribution in [2.24, 2.45) is 0 Å². The number of aryl methyl sites for hydroxylation is 1. The van der Waals surface area contributed by atoms with E-state index in [0.717, 1.165) is 21.2 Å². The van der Waals surface area contributed by atoms with Crippen LogP contribution in [0.1, 0.15) is 34.6 Å². The lowest BCUT2D eigenvalue weighted by Crippen LogP contribution is -2.40. The number of aliphatic hydroxyl groups is 1. The minimum atomic E-state index is -0.293. The third-order valence-corrected chi connectivity index (χ3v) is 6.01. The van der Waals surface area contributed by atoms with Crippen LogP contribution >= 0.6 is 23.4 Å². The van der Waals surface area contributed by atoms with Crippen molar-refractivity contribution >= 4 is 29.3 Å². The normalized spacial score (nSPS) is 15.4. The lowest BCUT2D eigenvalue weighted by molar-refractivity contribution is 0.0541. The van der Waals surface area contributed by atoms with Crippen LogP contribution in [0.3, 0.4) is 0 Å². The van der Waals surface area contributed by atoms with Gasteiger partial charge >= 0.3 is 0 Å². The zero-order chi connectivity index (χ0) is 17.8. The van der Waals surface area contributed by atoms with Crippen molar-refractivity contribution in [1.29, 1.82) is 0 Å². The summed E-state index contributed by atoms with van der Waals surface area (Å²) in [5.41, 5.74) is 2.37. The van der Waals surface area contributed by atoms with Crippen molar-refractivity contribution in [3.63, 3.8) is 0 Å². The molecule has 1 aliphatic rings. The number of rotatable bonds is 4. The summed E-state index contributed by atoms with van der Waals surface area (Å²) < 4.78 is 0. The molecule has 3 rings (SSSR count). The van der Waals surface area contributed by atoms with E-state index in [9.17, 15) is 9.90 Å². The molecule has 2 heterocycles.